The molecule has 8 heteroatoms. The lowest BCUT2D eigenvalue weighted by molar-refractivity contribution is -0.228. The van der Waals surface area contributed by atoms with Crippen LogP contribution in [-0.4, -0.2) is 18.8 Å². The maximum absolute atomic E-state index is 14.5. The molecule has 0 spiro atoms. The number of nitrogens with one attached hydrogen (secondary N) is 1. The lowest BCUT2D eigenvalue weighted by Gasteiger charge is -2.42. The van der Waals surface area contributed by atoms with E-state index in [1.807, 2.05) is 0 Å². The molecule has 2 aliphatic carbocycles. The highest BCUT2D eigenvalue weighted by Crippen LogP contribution is 2.48. The normalized spacial score (nSPS) is 25.0. The highest BCUT2D eigenvalue weighted by Gasteiger charge is 2.54. The lowest BCUT2D eigenvalue weighted by Crippen LogP contribution is -2.46. The molecular weight excluding hydrogens is 476 g/mol. The number of fused-ring (bicyclic) bond motifs is 3. The number of hydrogen-bond acceptors (Lipinski definition) is 1. The fourth-order valence-electron chi connectivity index (χ4n) is 5.15. The van der Waals surface area contributed by atoms with Gasteiger partial charge in [-0.1, -0.05) is 49.9 Å². The smallest absolute Gasteiger partial charge is 0.313 e. The molecule has 3 unspecified atom stereocenters. The quantitative estimate of drug-likeness (QED) is 0.426. The molecule has 188 valence electrons. The van der Waals surface area contributed by atoms with E-state index in [0.717, 1.165) is 24.6 Å². The molecule has 2 fully saturated rings. The van der Waals surface area contributed by atoms with E-state index in [1.165, 1.54) is 49.9 Å². The summed E-state index contributed by atoms with van der Waals surface area (Å²) in [4.78, 5) is 0. The molecule has 1 saturated heterocycles. The third kappa shape index (κ3) is 4.97. The van der Waals surface area contributed by atoms with E-state index < -0.39 is 34.5 Å². The van der Waals surface area contributed by atoms with Crippen LogP contribution in [0.1, 0.15) is 67.7 Å². The van der Waals surface area contributed by atoms with Gasteiger partial charge in [-0.2, -0.15) is 13.2 Å². The summed E-state index contributed by atoms with van der Waals surface area (Å²) in [6, 6.07) is 7.99. The third-order valence-electron chi connectivity index (χ3n) is 7.55. The zero-order valence-electron chi connectivity index (χ0n) is 19.1. The lowest BCUT2D eigenvalue weighted by atomic mass is 9.63. The number of halogens is 7. The Labute approximate surface area is 202 Å². The average molecular weight is 506 g/mol. The van der Waals surface area contributed by atoms with Gasteiger partial charge in [0.1, 0.15) is 0 Å². The van der Waals surface area contributed by atoms with Gasteiger partial charge in [-0.25, -0.2) is 13.2 Å². The van der Waals surface area contributed by atoms with Crippen LogP contribution in [-0.2, 0) is 23.9 Å². The van der Waals surface area contributed by atoms with E-state index in [4.69, 9.17) is 0 Å². The molecule has 0 aromatic heterocycles. The maximum Gasteiger partial charge on any atom is 0.426 e. The fourth-order valence-corrected chi connectivity index (χ4v) is 5.15. The molecule has 1 aliphatic heterocycles. The Morgan fingerprint density at radius 1 is 0.941 bits per heavy atom. The molecule has 0 bridgehead atoms. The molecule has 2 aromatic rings. The minimum Gasteiger partial charge on any atom is -0.313 e. The van der Waals surface area contributed by atoms with Gasteiger partial charge in [0.15, 0.2) is 11.6 Å². The van der Waals surface area contributed by atoms with Crippen LogP contribution in [0.15, 0.2) is 36.4 Å². The summed E-state index contributed by atoms with van der Waals surface area (Å²) in [6.45, 7) is 1.26. The molecule has 1 heterocycles. The zero-order chi connectivity index (χ0) is 23.9. The van der Waals surface area contributed by atoms with E-state index in [-0.39, 0.29) is 18.4 Å². The third-order valence-corrected chi connectivity index (χ3v) is 7.55. The minimum atomic E-state index is -5.00. The molecule has 1 nitrogen and oxygen atoms in total. The van der Waals surface area contributed by atoms with Crippen molar-refractivity contribution >= 4 is 12.4 Å². The van der Waals surface area contributed by atoms with Crippen LogP contribution in [0, 0.1) is 11.6 Å². The molecule has 0 amide bonds. The van der Waals surface area contributed by atoms with E-state index in [9.17, 15) is 26.3 Å². The van der Waals surface area contributed by atoms with Gasteiger partial charge in [0.2, 0.25) is 5.67 Å². The van der Waals surface area contributed by atoms with Crippen molar-refractivity contribution in [3.8, 4) is 0 Å². The van der Waals surface area contributed by atoms with E-state index in [1.54, 1.807) is 6.07 Å². The molecule has 1 saturated carbocycles. The summed E-state index contributed by atoms with van der Waals surface area (Å²) in [7, 11) is 0. The molecule has 3 atom stereocenters. The van der Waals surface area contributed by atoms with Crippen molar-refractivity contribution in [2.24, 2.45) is 0 Å². The Hall–Kier alpha value is -1.73. The highest BCUT2D eigenvalue weighted by atomic mass is 35.5. The second-order valence-corrected chi connectivity index (χ2v) is 9.66. The molecule has 5 rings (SSSR count). The van der Waals surface area contributed by atoms with Crippen LogP contribution in [0.2, 0.25) is 0 Å². The number of benzene rings is 2. The van der Waals surface area contributed by atoms with E-state index in [0.29, 0.717) is 37.3 Å². The van der Waals surface area contributed by atoms with Crippen LogP contribution in [0.4, 0.5) is 26.3 Å². The van der Waals surface area contributed by atoms with Crippen molar-refractivity contribution in [3.63, 3.8) is 0 Å². The van der Waals surface area contributed by atoms with Gasteiger partial charge in [-0.05, 0) is 73.5 Å². The van der Waals surface area contributed by atoms with Crippen molar-refractivity contribution in [2.45, 2.75) is 81.6 Å². The molecule has 0 radical (unpaired) electrons. The van der Waals surface area contributed by atoms with Gasteiger partial charge < -0.3 is 5.32 Å². The summed E-state index contributed by atoms with van der Waals surface area (Å²) >= 11 is 0. The minimum absolute atomic E-state index is 0. The average Bonchev–Trinajstić information content (AvgIpc) is 3.12. The Morgan fingerprint density at radius 2 is 1.62 bits per heavy atom. The first-order valence-electron chi connectivity index (χ1n) is 11.6. The summed E-state index contributed by atoms with van der Waals surface area (Å²) < 4.78 is 81.0. The van der Waals surface area contributed by atoms with Crippen LogP contribution in [0.5, 0.6) is 0 Å². The monoisotopic (exact) mass is 505 g/mol. The molecule has 34 heavy (non-hydrogen) atoms. The predicted molar refractivity (Wildman–Crippen MR) is 123 cm³/mol. The van der Waals surface area contributed by atoms with Crippen molar-refractivity contribution in [2.75, 3.05) is 6.54 Å². The standard InChI is InChI=1S/C22H21F6N.C4H8.ClH/c1-20(25,22(26,27)28)15-4-5-16-14(11-15)3-7-19-21(16,8-9-29-19)12-13-2-6-17(23)18(24)10-13;1-2-4-3-1;/h2,4-6,10-11,19,29H,3,7-9,12H2,1H3;1-4H2;1H. The van der Waals surface area contributed by atoms with Crippen LogP contribution < -0.4 is 5.32 Å². The fraction of sp³-hybridized carbons (Fsp3) is 0.538. The van der Waals surface area contributed by atoms with Crippen LogP contribution in [0.3, 0.4) is 0 Å². The van der Waals surface area contributed by atoms with E-state index in [2.05, 4.69) is 5.32 Å². The van der Waals surface area contributed by atoms with Gasteiger partial charge in [-0.3, -0.25) is 0 Å². The van der Waals surface area contributed by atoms with Crippen molar-refractivity contribution in [1.29, 1.82) is 0 Å². The number of alkyl halides is 4. The summed E-state index contributed by atoms with van der Waals surface area (Å²) in [5.41, 5.74) is -2.10. The van der Waals surface area contributed by atoms with Gasteiger partial charge in [-0.15, -0.1) is 12.4 Å². The first-order valence-corrected chi connectivity index (χ1v) is 11.6. The topological polar surface area (TPSA) is 12.0 Å². The first-order chi connectivity index (χ1) is 15.5. The summed E-state index contributed by atoms with van der Waals surface area (Å²) in [5.74, 6) is -1.85. The molecule has 1 N–H and O–H groups in total. The highest BCUT2D eigenvalue weighted by molar-refractivity contribution is 5.85. The largest absolute Gasteiger partial charge is 0.426 e. The Balaban J connectivity index is 0.000000588. The van der Waals surface area contributed by atoms with Gasteiger partial charge in [0, 0.05) is 11.5 Å². The van der Waals surface area contributed by atoms with E-state index >= 15 is 0 Å². The second-order valence-electron chi connectivity index (χ2n) is 9.66. The predicted octanol–water partition coefficient (Wildman–Crippen LogP) is 7.48. The summed E-state index contributed by atoms with van der Waals surface area (Å²) in [5, 5.41) is 3.43. The van der Waals surface area contributed by atoms with Gasteiger partial charge in [0.25, 0.3) is 0 Å². The van der Waals surface area contributed by atoms with Crippen molar-refractivity contribution in [1.82, 2.24) is 5.32 Å². The molecular formula is C26H30ClF6N. The van der Waals surface area contributed by atoms with Crippen molar-refractivity contribution < 1.29 is 26.3 Å². The second kappa shape index (κ2) is 10.1. The number of rotatable bonds is 3. The molecule has 3 aliphatic rings. The Morgan fingerprint density at radius 3 is 2.21 bits per heavy atom. The Bertz CT molecular complexity index is 997. The zero-order valence-corrected chi connectivity index (χ0v) is 19.9. The number of aryl methyl sites for hydroxylation is 1. The Kier molecular flexibility index (Phi) is 7.98. The SMILES string of the molecule is C1CCC1.CC(F)(c1ccc2c(c1)CCC1NCCC21Cc1ccc(F)c(F)c1)C(F)(F)F.Cl. The van der Waals surface area contributed by atoms with Gasteiger partial charge >= 0.3 is 6.18 Å². The van der Waals surface area contributed by atoms with Crippen LogP contribution in [0.25, 0.3) is 0 Å². The number of hydrogen-bond donors (Lipinski definition) is 1. The van der Waals surface area contributed by atoms with Crippen molar-refractivity contribution in [3.05, 3.63) is 70.3 Å². The first kappa shape index (κ1) is 26.9. The maximum atomic E-state index is 14.5. The van der Waals surface area contributed by atoms with Crippen LogP contribution >= 0.6 is 12.4 Å². The van der Waals surface area contributed by atoms with Gasteiger partial charge in [0.05, 0.1) is 0 Å². The molecule has 2 aromatic carbocycles. The summed E-state index contributed by atoms with van der Waals surface area (Å²) in [6.07, 6.45) is 3.37.